The van der Waals surface area contributed by atoms with E-state index in [0.717, 1.165) is 0 Å². The zero-order valence-corrected chi connectivity index (χ0v) is 7.28. The van der Waals surface area contributed by atoms with Crippen molar-refractivity contribution in [2.24, 2.45) is 0 Å². The van der Waals surface area contributed by atoms with E-state index in [-0.39, 0.29) is 5.69 Å². The highest BCUT2D eigenvalue weighted by atomic mass is 35.5. The molecule has 0 atom stereocenters. The Balaban J connectivity index is 3.13. The number of aryl methyl sites for hydroxylation is 1. The van der Waals surface area contributed by atoms with Crippen molar-refractivity contribution in [3.05, 3.63) is 33.6 Å². The van der Waals surface area contributed by atoms with Gasteiger partial charge in [-0.15, -0.1) is 0 Å². The molecule has 0 aliphatic carbocycles. The molecule has 0 spiro atoms. The van der Waals surface area contributed by atoms with Gasteiger partial charge in [-0.3, -0.25) is 10.1 Å². The molecule has 0 fully saturated rings. The predicted octanol–water partition coefficient (Wildman–Crippen LogP) is 1.56. The van der Waals surface area contributed by atoms with Crippen molar-refractivity contribution < 1.29 is 9.49 Å². The van der Waals surface area contributed by atoms with Gasteiger partial charge in [0.05, 0.1) is 4.92 Å². The van der Waals surface area contributed by atoms with Gasteiger partial charge in [0.2, 0.25) is 6.20 Å². The Morgan fingerprint density at radius 1 is 1.67 bits per heavy atom. The second-order valence-corrected chi connectivity index (χ2v) is 2.64. The van der Waals surface area contributed by atoms with Crippen molar-refractivity contribution in [2.45, 2.75) is 13.5 Å². The van der Waals surface area contributed by atoms with Crippen LogP contribution in [-0.2, 0) is 6.54 Å². The van der Waals surface area contributed by atoms with Gasteiger partial charge in [-0.05, 0) is 18.5 Å². The van der Waals surface area contributed by atoms with Crippen LogP contribution >= 0.6 is 11.6 Å². The Labute approximate surface area is 74.5 Å². The summed E-state index contributed by atoms with van der Waals surface area (Å²) in [6.07, 6.45) is 1.42. The first kappa shape index (κ1) is 8.93. The van der Waals surface area contributed by atoms with Crippen LogP contribution in [0.15, 0.2) is 18.3 Å². The van der Waals surface area contributed by atoms with E-state index in [1.165, 1.54) is 18.3 Å². The minimum absolute atomic E-state index is 0.0567. The monoisotopic (exact) mass is 187 g/mol. The maximum Gasteiger partial charge on any atom is 0.332 e. The van der Waals surface area contributed by atoms with Gasteiger partial charge >= 0.3 is 5.69 Å². The molecule has 1 heterocycles. The molecule has 1 rings (SSSR count). The third-order valence-corrected chi connectivity index (χ3v) is 1.85. The number of aromatic nitrogens is 1. The topological polar surface area (TPSA) is 47.0 Å². The fraction of sp³-hybridized carbons (Fsp3) is 0.286. The van der Waals surface area contributed by atoms with Crippen molar-refractivity contribution in [2.75, 3.05) is 0 Å². The average molecular weight is 188 g/mol. The summed E-state index contributed by atoms with van der Waals surface area (Å²) in [6, 6.07) is 2.90. The minimum atomic E-state index is -0.442. The van der Waals surface area contributed by atoms with Gasteiger partial charge in [0.1, 0.15) is 6.54 Å². The summed E-state index contributed by atoms with van der Waals surface area (Å²) in [6.45, 7) is 2.50. The molecule has 0 unspecified atom stereocenters. The van der Waals surface area contributed by atoms with Crippen LogP contribution in [0.2, 0.25) is 5.15 Å². The van der Waals surface area contributed by atoms with Gasteiger partial charge < -0.3 is 0 Å². The lowest BCUT2D eigenvalue weighted by Gasteiger charge is -1.93. The quantitative estimate of drug-likeness (QED) is 0.305. The molecule has 64 valence electrons. The standard InChI is InChI=1S/C7H8ClN2O2/c1-2-9-5-6(10(11)12)3-4-7(9)8/h3-5H,2H2,1H3/q+1. The zero-order valence-electron chi connectivity index (χ0n) is 6.53. The molecule has 0 amide bonds. The van der Waals surface area contributed by atoms with Crippen LogP contribution in [0.1, 0.15) is 6.92 Å². The molecule has 0 N–H and O–H groups in total. The molecule has 12 heavy (non-hydrogen) atoms. The first-order valence-corrected chi connectivity index (χ1v) is 3.86. The lowest BCUT2D eigenvalue weighted by atomic mass is 10.4. The van der Waals surface area contributed by atoms with Gasteiger partial charge in [-0.2, -0.15) is 4.57 Å². The third kappa shape index (κ3) is 1.71. The lowest BCUT2D eigenvalue weighted by Crippen LogP contribution is -2.33. The van der Waals surface area contributed by atoms with Crippen LogP contribution in [-0.4, -0.2) is 4.92 Å². The van der Waals surface area contributed by atoms with Crippen LogP contribution in [0.25, 0.3) is 0 Å². The number of pyridine rings is 1. The van der Waals surface area contributed by atoms with Crippen LogP contribution in [0.4, 0.5) is 5.69 Å². The van der Waals surface area contributed by atoms with E-state index in [1.54, 1.807) is 4.57 Å². The summed E-state index contributed by atoms with van der Waals surface area (Å²) in [5.41, 5.74) is 0.0567. The number of nitrogens with zero attached hydrogens (tertiary/aromatic N) is 2. The third-order valence-electron chi connectivity index (χ3n) is 1.51. The van der Waals surface area contributed by atoms with Crippen LogP contribution < -0.4 is 4.57 Å². The van der Waals surface area contributed by atoms with E-state index in [2.05, 4.69) is 0 Å². The van der Waals surface area contributed by atoms with Crippen molar-refractivity contribution >= 4 is 17.3 Å². The normalized spacial score (nSPS) is 9.83. The fourth-order valence-electron chi connectivity index (χ4n) is 0.865. The average Bonchev–Trinajstić information content (AvgIpc) is 2.05. The van der Waals surface area contributed by atoms with E-state index in [1.807, 2.05) is 6.92 Å². The molecule has 0 aromatic carbocycles. The molecular formula is C7H8ClN2O2+. The maximum atomic E-state index is 10.3. The van der Waals surface area contributed by atoms with E-state index in [0.29, 0.717) is 11.7 Å². The molecule has 1 aromatic rings. The highest BCUT2D eigenvalue weighted by Gasteiger charge is 2.14. The number of hydrogen-bond acceptors (Lipinski definition) is 2. The van der Waals surface area contributed by atoms with E-state index in [9.17, 15) is 10.1 Å². The van der Waals surface area contributed by atoms with Crippen molar-refractivity contribution in [3.63, 3.8) is 0 Å². The molecule has 4 nitrogen and oxygen atoms in total. The SMILES string of the molecule is CC[n+]1cc([N+](=O)[O-])ccc1Cl. The zero-order chi connectivity index (χ0) is 9.14. The summed E-state index contributed by atoms with van der Waals surface area (Å²) in [5.74, 6) is 0. The summed E-state index contributed by atoms with van der Waals surface area (Å²) in [4.78, 5) is 9.89. The van der Waals surface area contributed by atoms with Crippen LogP contribution in [0, 0.1) is 10.1 Å². The van der Waals surface area contributed by atoms with Crippen molar-refractivity contribution in [3.8, 4) is 0 Å². The van der Waals surface area contributed by atoms with E-state index >= 15 is 0 Å². The molecular weight excluding hydrogens is 180 g/mol. The van der Waals surface area contributed by atoms with Crippen LogP contribution in [0.5, 0.6) is 0 Å². The fourth-order valence-corrected chi connectivity index (χ4v) is 1.10. The molecule has 0 aliphatic heterocycles. The summed E-state index contributed by atoms with van der Waals surface area (Å²) in [5, 5.41) is 10.8. The minimum Gasteiger partial charge on any atom is -0.258 e. The summed E-state index contributed by atoms with van der Waals surface area (Å²) >= 11 is 5.74. The molecule has 0 radical (unpaired) electrons. The summed E-state index contributed by atoms with van der Waals surface area (Å²) in [7, 11) is 0. The Hall–Kier alpha value is -1.16. The lowest BCUT2D eigenvalue weighted by molar-refractivity contribution is -0.693. The van der Waals surface area contributed by atoms with Gasteiger partial charge in [0.15, 0.2) is 0 Å². The number of halogens is 1. The largest absolute Gasteiger partial charge is 0.332 e. The van der Waals surface area contributed by atoms with E-state index in [4.69, 9.17) is 11.6 Å². The van der Waals surface area contributed by atoms with Gasteiger partial charge in [-0.1, -0.05) is 0 Å². The molecule has 0 saturated carbocycles. The second-order valence-electron chi connectivity index (χ2n) is 2.25. The molecule has 0 bridgehead atoms. The van der Waals surface area contributed by atoms with E-state index < -0.39 is 4.92 Å². The highest BCUT2D eigenvalue weighted by molar-refractivity contribution is 6.28. The molecule has 1 aromatic heterocycles. The van der Waals surface area contributed by atoms with Gasteiger partial charge in [0.25, 0.3) is 5.15 Å². The Morgan fingerprint density at radius 3 is 2.83 bits per heavy atom. The first-order chi connectivity index (χ1) is 5.65. The van der Waals surface area contributed by atoms with Crippen molar-refractivity contribution in [1.29, 1.82) is 0 Å². The summed E-state index contributed by atoms with van der Waals surface area (Å²) < 4.78 is 1.61. The number of nitro groups is 1. The molecule has 0 saturated heterocycles. The first-order valence-electron chi connectivity index (χ1n) is 3.48. The predicted molar refractivity (Wildman–Crippen MR) is 44.0 cm³/mol. The smallest absolute Gasteiger partial charge is 0.258 e. The maximum absolute atomic E-state index is 10.3. The second kappa shape index (κ2) is 3.49. The Morgan fingerprint density at radius 2 is 2.33 bits per heavy atom. The molecule has 5 heteroatoms. The number of rotatable bonds is 2. The molecule has 0 aliphatic rings. The number of hydrogen-bond donors (Lipinski definition) is 0. The van der Waals surface area contributed by atoms with Gasteiger partial charge in [0, 0.05) is 12.1 Å². The van der Waals surface area contributed by atoms with Crippen LogP contribution in [0.3, 0.4) is 0 Å². The van der Waals surface area contributed by atoms with Gasteiger partial charge in [-0.25, -0.2) is 0 Å². The Bertz CT molecular complexity index is 314. The highest BCUT2D eigenvalue weighted by Crippen LogP contribution is 2.10. The Kier molecular flexibility index (Phi) is 2.60. The van der Waals surface area contributed by atoms with Crippen molar-refractivity contribution in [1.82, 2.24) is 0 Å².